The lowest BCUT2D eigenvalue weighted by Crippen LogP contribution is -1.71. The molecule has 0 fully saturated rings. The van der Waals surface area contributed by atoms with Crippen molar-refractivity contribution in [2.75, 3.05) is 0 Å². The van der Waals surface area contributed by atoms with E-state index in [0.717, 1.165) is 12.0 Å². The summed E-state index contributed by atoms with van der Waals surface area (Å²) in [4.78, 5) is 0. The lowest BCUT2D eigenvalue weighted by molar-refractivity contribution is 0.475. The van der Waals surface area contributed by atoms with E-state index >= 15 is 0 Å². The molecule has 0 amide bonds. The van der Waals surface area contributed by atoms with E-state index in [1.807, 2.05) is 25.1 Å². The van der Waals surface area contributed by atoms with Crippen LogP contribution in [-0.4, -0.2) is 5.11 Å². The molecule has 1 aromatic rings. The van der Waals surface area contributed by atoms with Crippen LogP contribution in [0.25, 0.3) is 0 Å². The van der Waals surface area contributed by atoms with Gasteiger partial charge in [-0.05, 0) is 55.2 Å². The Kier molecular flexibility index (Phi) is 7.72. The SMILES string of the molecule is CC=CC/C=C\CC#CC#CC#Cc1cccc(O)c1.[HH].[HH]. The summed E-state index contributed by atoms with van der Waals surface area (Å²) in [6.45, 7) is 2.00. The Balaban J connectivity index is 0. The topological polar surface area (TPSA) is 20.2 Å². The van der Waals surface area contributed by atoms with E-state index in [-0.39, 0.29) is 8.60 Å². The highest BCUT2D eigenvalue weighted by atomic mass is 16.3. The fraction of sp³-hybridized carbons (Fsp3) is 0.158. The van der Waals surface area contributed by atoms with E-state index in [0.29, 0.717) is 6.42 Å². The maximum atomic E-state index is 9.25. The molecule has 0 aliphatic carbocycles. The van der Waals surface area contributed by atoms with Crippen LogP contribution in [0.2, 0.25) is 0 Å². The molecular weight excluding hydrogens is 244 g/mol. The van der Waals surface area contributed by atoms with E-state index in [1.54, 1.807) is 18.2 Å². The standard InChI is InChI=1S/C19H16O.2H2/c1-2-3-4-5-6-7-8-9-10-11-12-14-18-15-13-16-19(20)17-18;;/h2-3,5-6,13,15-17,20H,4,7H2,1H3;2*1H/b3-2?,6-5-;;. The Hall–Kier alpha value is -2.82. The van der Waals surface area contributed by atoms with Crippen LogP contribution in [0.3, 0.4) is 0 Å². The smallest absolute Gasteiger partial charge is 0.116 e. The Morgan fingerprint density at radius 1 is 1.10 bits per heavy atom. The van der Waals surface area contributed by atoms with Crippen LogP contribution in [0.1, 0.15) is 28.2 Å². The van der Waals surface area contributed by atoms with Gasteiger partial charge in [-0.15, -0.1) is 0 Å². The van der Waals surface area contributed by atoms with Crippen molar-refractivity contribution in [2.24, 2.45) is 0 Å². The third-order valence-corrected chi connectivity index (χ3v) is 2.22. The van der Waals surface area contributed by atoms with Crippen LogP contribution in [0.15, 0.2) is 48.6 Å². The van der Waals surface area contributed by atoms with Crippen LogP contribution < -0.4 is 0 Å². The molecule has 1 heteroatoms. The van der Waals surface area contributed by atoms with E-state index in [2.05, 4.69) is 47.7 Å². The first-order valence-corrected chi connectivity index (χ1v) is 6.37. The molecule has 1 N–H and O–H groups in total. The van der Waals surface area contributed by atoms with Gasteiger partial charge in [-0.3, -0.25) is 0 Å². The molecule has 0 unspecified atom stereocenters. The molecule has 102 valence electrons. The van der Waals surface area contributed by atoms with Gasteiger partial charge in [0.1, 0.15) is 5.75 Å². The van der Waals surface area contributed by atoms with Gasteiger partial charge in [0.15, 0.2) is 0 Å². The zero-order chi connectivity index (χ0) is 14.5. The Bertz CT molecular complexity index is 668. The number of rotatable bonds is 3. The number of aromatic hydroxyl groups is 1. The molecule has 20 heavy (non-hydrogen) atoms. The van der Waals surface area contributed by atoms with E-state index < -0.39 is 0 Å². The van der Waals surface area contributed by atoms with Crippen molar-refractivity contribution in [1.29, 1.82) is 0 Å². The van der Waals surface area contributed by atoms with Crippen LogP contribution in [0, 0.1) is 35.5 Å². The number of phenols is 1. The number of hydrogen-bond acceptors (Lipinski definition) is 1. The van der Waals surface area contributed by atoms with Crippen LogP contribution >= 0.6 is 0 Å². The maximum absolute atomic E-state index is 9.25. The lowest BCUT2D eigenvalue weighted by atomic mass is 10.2. The fourth-order valence-corrected chi connectivity index (χ4v) is 1.30. The van der Waals surface area contributed by atoms with Crippen LogP contribution in [-0.2, 0) is 0 Å². The minimum Gasteiger partial charge on any atom is -0.508 e. The molecule has 0 spiro atoms. The highest BCUT2D eigenvalue weighted by Crippen LogP contribution is 2.09. The zero-order valence-corrected chi connectivity index (χ0v) is 11.5. The molecule has 1 nitrogen and oxygen atoms in total. The van der Waals surface area contributed by atoms with Gasteiger partial charge in [-0.25, -0.2) is 0 Å². The van der Waals surface area contributed by atoms with Crippen LogP contribution in [0.4, 0.5) is 0 Å². The molecule has 0 atom stereocenters. The quantitative estimate of drug-likeness (QED) is 0.642. The van der Waals surface area contributed by atoms with E-state index in [4.69, 9.17) is 0 Å². The van der Waals surface area contributed by atoms with Gasteiger partial charge in [0, 0.05) is 14.8 Å². The molecule has 0 radical (unpaired) electrons. The highest BCUT2D eigenvalue weighted by molar-refractivity contribution is 5.44. The molecule has 0 saturated carbocycles. The van der Waals surface area contributed by atoms with Gasteiger partial charge < -0.3 is 5.11 Å². The predicted molar refractivity (Wildman–Crippen MR) is 88.0 cm³/mol. The van der Waals surface area contributed by atoms with Crippen molar-refractivity contribution in [1.82, 2.24) is 0 Å². The monoisotopic (exact) mass is 264 g/mol. The van der Waals surface area contributed by atoms with Gasteiger partial charge in [-0.2, -0.15) is 0 Å². The van der Waals surface area contributed by atoms with Crippen LogP contribution in [0.5, 0.6) is 5.75 Å². The third kappa shape index (κ3) is 7.50. The summed E-state index contributed by atoms with van der Waals surface area (Å²) in [7, 11) is 0. The lowest BCUT2D eigenvalue weighted by Gasteiger charge is -1.89. The molecule has 0 aliphatic heterocycles. The largest absolute Gasteiger partial charge is 0.508 e. The normalized spacial score (nSPS) is 9.25. The van der Waals surface area contributed by atoms with Gasteiger partial charge in [0.05, 0.1) is 0 Å². The second-order valence-corrected chi connectivity index (χ2v) is 3.83. The molecule has 0 aliphatic rings. The summed E-state index contributed by atoms with van der Waals surface area (Å²) < 4.78 is 0. The zero-order valence-electron chi connectivity index (χ0n) is 11.5. The molecule has 0 aromatic heterocycles. The van der Waals surface area contributed by atoms with E-state index in [1.165, 1.54) is 0 Å². The van der Waals surface area contributed by atoms with Gasteiger partial charge in [0.25, 0.3) is 0 Å². The number of benzene rings is 1. The summed E-state index contributed by atoms with van der Waals surface area (Å²) in [5, 5.41) is 9.25. The fourth-order valence-electron chi connectivity index (χ4n) is 1.30. The molecule has 0 bridgehead atoms. The second-order valence-electron chi connectivity index (χ2n) is 3.83. The molecule has 1 aromatic carbocycles. The average Bonchev–Trinajstić information content (AvgIpc) is 2.45. The second kappa shape index (κ2) is 10.1. The first-order valence-electron chi connectivity index (χ1n) is 6.37. The Morgan fingerprint density at radius 2 is 1.95 bits per heavy atom. The van der Waals surface area contributed by atoms with Crippen molar-refractivity contribution < 1.29 is 7.96 Å². The first kappa shape index (κ1) is 15.2. The Morgan fingerprint density at radius 3 is 2.75 bits per heavy atom. The van der Waals surface area contributed by atoms with Gasteiger partial charge in [0.2, 0.25) is 0 Å². The first-order chi connectivity index (χ1) is 9.83. The van der Waals surface area contributed by atoms with Crippen molar-refractivity contribution >= 4 is 0 Å². The van der Waals surface area contributed by atoms with Gasteiger partial charge >= 0.3 is 0 Å². The molecule has 0 saturated heterocycles. The summed E-state index contributed by atoms with van der Waals surface area (Å²) in [5.74, 6) is 16.7. The van der Waals surface area contributed by atoms with Crippen molar-refractivity contribution in [2.45, 2.75) is 19.8 Å². The van der Waals surface area contributed by atoms with E-state index in [9.17, 15) is 5.11 Å². The minimum absolute atomic E-state index is 0. The highest BCUT2D eigenvalue weighted by Gasteiger charge is 1.87. The van der Waals surface area contributed by atoms with Crippen molar-refractivity contribution in [3.05, 3.63) is 54.1 Å². The number of allylic oxidation sites excluding steroid dienone is 4. The number of phenolic OH excluding ortho intramolecular Hbond substituents is 1. The summed E-state index contributed by atoms with van der Waals surface area (Å²) >= 11 is 0. The maximum Gasteiger partial charge on any atom is 0.116 e. The summed E-state index contributed by atoms with van der Waals surface area (Å²) in [5.41, 5.74) is 0.735. The summed E-state index contributed by atoms with van der Waals surface area (Å²) in [6.07, 6.45) is 9.84. The van der Waals surface area contributed by atoms with Gasteiger partial charge in [-0.1, -0.05) is 42.2 Å². The van der Waals surface area contributed by atoms with Crippen molar-refractivity contribution in [3.63, 3.8) is 0 Å². The average molecular weight is 264 g/mol. The molecular formula is C19H20O. The molecule has 1 rings (SSSR count). The predicted octanol–water partition coefficient (Wildman–Crippen LogP) is 4.16. The minimum atomic E-state index is 0. The summed E-state index contributed by atoms with van der Waals surface area (Å²) in [6, 6.07) is 6.75. The third-order valence-electron chi connectivity index (χ3n) is 2.22. The van der Waals surface area contributed by atoms with Crippen molar-refractivity contribution in [3.8, 4) is 41.3 Å². The number of hydrogen-bond donors (Lipinski definition) is 1. The molecule has 0 heterocycles. The Labute approximate surface area is 124 Å².